The summed E-state index contributed by atoms with van der Waals surface area (Å²) < 4.78 is 14.4. The van der Waals surface area contributed by atoms with E-state index < -0.39 is 5.82 Å². The van der Waals surface area contributed by atoms with E-state index >= 15 is 0 Å². The van der Waals surface area contributed by atoms with Crippen molar-refractivity contribution in [2.24, 2.45) is 0 Å². The maximum Gasteiger partial charge on any atom is 0.255 e. The van der Waals surface area contributed by atoms with Crippen LogP contribution in [-0.2, 0) is 0 Å². The van der Waals surface area contributed by atoms with Crippen molar-refractivity contribution >= 4 is 16.9 Å². The van der Waals surface area contributed by atoms with Crippen LogP contribution in [0.3, 0.4) is 0 Å². The molecule has 2 aromatic heterocycles. The number of aryl methyl sites for hydroxylation is 1. The number of phenolic OH excluding ortho intramolecular Hbond substituents is 1. The van der Waals surface area contributed by atoms with Crippen LogP contribution in [0.2, 0.25) is 0 Å². The molecule has 0 radical (unpaired) electrons. The molecule has 2 atom stereocenters. The molecule has 1 unspecified atom stereocenters. The Balaban J connectivity index is 1.67. The summed E-state index contributed by atoms with van der Waals surface area (Å²) in [6.45, 7) is 3.43. The number of aromatic amines is 1. The number of piperazine rings is 1. The maximum absolute atomic E-state index is 14.4. The van der Waals surface area contributed by atoms with Gasteiger partial charge in [-0.05, 0) is 38.0 Å². The Labute approximate surface area is 160 Å². The van der Waals surface area contributed by atoms with Crippen LogP contribution >= 0.6 is 0 Å². The van der Waals surface area contributed by atoms with Gasteiger partial charge in [0.2, 0.25) is 0 Å². The first kappa shape index (κ1) is 17.1. The molecule has 4 heterocycles. The molecule has 8 heteroatoms. The van der Waals surface area contributed by atoms with Gasteiger partial charge in [-0.3, -0.25) is 9.89 Å². The van der Waals surface area contributed by atoms with Gasteiger partial charge in [-0.25, -0.2) is 9.37 Å². The molecular formula is C20H20FN5O2. The van der Waals surface area contributed by atoms with E-state index in [1.807, 2.05) is 11.8 Å². The van der Waals surface area contributed by atoms with Crippen LogP contribution in [0, 0.1) is 12.7 Å². The maximum atomic E-state index is 14.4. The first-order valence-corrected chi connectivity index (χ1v) is 9.41. The molecule has 2 aliphatic rings. The van der Waals surface area contributed by atoms with Crippen LogP contribution < -0.4 is 5.32 Å². The number of carbonyl (C=O) groups excluding carboxylic acids is 1. The monoisotopic (exact) mass is 381 g/mol. The molecule has 0 aliphatic carbocycles. The van der Waals surface area contributed by atoms with Crippen molar-refractivity contribution in [2.45, 2.75) is 31.8 Å². The number of amides is 1. The lowest BCUT2D eigenvalue weighted by Gasteiger charge is -2.35. The number of H-pyrrole nitrogens is 1. The third kappa shape index (κ3) is 2.56. The van der Waals surface area contributed by atoms with E-state index in [0.717, 1.165) is 37.7 Å². The van der Waals surface area contributed by atoms with E-state index in [1.165, 1.54) is 12.1 Å². The lowest BCUT2D eigenvalue weighted by Crippen LogP contribution is -2.54. The van der Waals surface area contributed by atoms with Crippen LogP contribution in [-0.4, -0.2) is 56.3 Å². The highest BCUT2D eigenvalue weighted by Gasteiger charge is 2.40. The second-order valence-corrected chi connectivity index (χ2v) is 7.52. The number of aromatic hydroxyl groups is 1. The number of halogens is 1. The van der Waals surface area contributed by atoms with Crippen molar-refractivity contribution < 1.29 is 14.3 Å². The smallest absolute Gasteiger partial charge is 0.255 e. The second kappa shape index (κ2) is 6.27. The molecule has 2 saturated heterocycles. The van der Waals surface area contributed by atoms with E-state index in [4.69, 9.17) is 0 Å². The Morgan fingerprint density at radius 1 is 1.25 bits per heavy atom. The van der Waals surface area contributed by atoms with E-state index in [9.17, 15) is 14.3 Å². The molecule has 2 fully saturated rings. The lowest BCUT2D eigenvalue weighted by atomic mass is 10.0. The molecular weight excluding hydrogens is 361 g/mol. The van der Waals surface area contributed by atoms with Crippen molar-refractivity contribution in [2.75, 3.05) is 13.1 Å². The number of pyridine rings is 1. The summed E-state index contributed by atoms with van der Waals surface area (Å²) in [7, 11) is 0. The van der Waals surface area contributed by atoms with Crippen LogP contribution in [0.1, 0.15) is 28.9 Å². The highest BCUT2D eigenvalue weighted by atomic mass is 19.1. The molecule has 144 valence electrons. The normalized spacial score (nSPS) is 21.4. The number of nitrogens with one attached hydrogen (secondary N) is 2. The molecule has 1 amide bonds. The molecule has 2 aliphatic heterocycles. The van der Waals surface area contributed by atoms with Gasteiger partial charge in [-0.15, -0.1) is 0 Å². The van der Waals surface area contributed by atoms with Gasteiger partial charge in [0.1, 0.15) is 11.6 Å². The van der Waals surface area contributed by atoms with E-state index in [1.54, 1.807) is 6.07 Å². The zero-order valence-corrected chi connectivity index (χ0v) is 15.4. The third-order valence-electron chi connectivity index (χ3n) is 5.78. The van der Waals surface area contributed by atoms with E-state index in [-0.39, 0.29) is 29.3 Å². The third-order valence-corrected chi connectivity index (χ3v) is 5.78. The van der Waals surface area contributed by atoms with Gasteiger partial charge in [0.05, 0.1) is 16.6 Å². The number of benzene rings is 1. The van der Waals surface area contributed by atoms with Gasteiger partial charge in [-0.2, -0.15) is 5.10 Å². The molecule has 0 saturated carbocycles. The largest absolute Gasteiger partial charge is 0.508 e. The molecule has 0 spiro atoms. The molecule has 1 aromatic carbocycles. The molecule has 3 N–H and O–H groups in total. The Hall–Kier alpha value is -3.00. The topological polar surface area (TPSA) is 94.1 Å². The number of rotatable bonds is 2. The SMILES string of the molecule is Cc1[nH]nc2nc(-c3ccc(O)cc3F)cc(C(=O)N3C4CC[C@H]3CNC4)c12. The molecule has 3 aromatic rings. The lowest BCUT2D eigenvalue weighted by molar-refractivity contribution is 0.0621. The van der Waals surface area contributed by atoms with Crippen molar-refractivity contribution in [3.63, 3.8) is 0 Å². The zero-order chi connectivity index (χ0) is 19.4. The molecule has 7 nitrogen and oxygen atoms in total. The Morgan fingerprint density at radius 2 is 2.00 bits per heavy atom. The Kier molecular flexibility index (Phi) is 3.83. The fraction of sp³-hybridized carbons (Fsp3) is 0.350. The fourth-order valence-corrected chi connectivity index (χ4v) is 4.44. The van der Waals surface area contributed by atoms with Crippen molar-refractivity contribution in [3.05, 3.63) is 41.3 Å². The summed E-state index contributed by atoms with van der Waals surface area (Å²) >= 11 is 0. The molecule has 2 bridgehead atoms. The number of hydrogen-bond acceptors (Lipinski definition) is 5. The van der Waals surface area contributed by atoms with Gasteiger partial charge in [-0.1, -0.05) is 0 Å². The summed E-state index contributed by atoms with van der Waals surface area (Å²) in [6.07, 6.45) is 1.98. The van der Waals surface area contributed by atoms with Crippen molar-refractivity contribution in [1.29, 1.82) is 0 Å². The zero-order valence-electron chi connectivity index (χ0n) is 15.4. The summed E-state index contributed by atoms with van der Waals surface area (Å²) in [6, 6.07) is 5.89. The first-order chi connectivity index (χ1) is 13.5. The average Bonchev–Trinajstić information content (AvgIpc) is 3.16. The van der Waals surface area contributed by atoms with Gasteiger partial charge < -0.3 is 15.3 Å². The van der Waals surface area contributed by atoms with Crippen LogP contribution in [0.5, 0.6) is 5.75 Å². The summed E-state index contributed by atoms with van der Waals surface area (Å²) in [5.74, 6) is -0.822. The van der Waals surface area contributed by atoms with Gasteiger partial charge in [0.15, 0.2) is 5.65 Å². The average molecular weight is 381 g/mol. The van der Waals surface area contributed by atoms with Gasteiger partial charge in [0, 0.05) is 42.5 Å². The number of nitrogens with zero attached hydrogens (tertiary/aromatic N) is 3. The number of aromatic nitrogens is 3. The minimum Gasteiger partial charge on any atom is -0.508 e. The van der Waals surface area contributed by atoms with Crippen molar-refractivity contribution in [3.8, 4) is 17.0 Å². The Morgan fingerprint density at radius 3 is 2.71 bits per heavy atom. The van der Waals surface area contributed by atoms with Crippen LogP contribution in [0.25, 0.3) is 22.3 Å². The van der Waals surface area contributed by atoms with Crippen LogP contribution in [0.4, 0.5) is 4.39 Å². The first-order valence-electron chi connectivity index (χ1n) is 9.41. The van der Waals surface area contributed by atoms with E-state index in [2.05, 4.69) is 20.5 Å². The summed E-state index contributed by atoms with van der Waals surface area (Å²) in [5.41, 5.74) is 2.16. The number of fused-ring (bicyclic) bond motifs is 3. The predicted molar refractivity (Wildman–Crippen MR) is 102 cm³/mol. The van der Waals surface area contributed by atoms with Crippen LogP contribution in [0.15, 0.2) is 24.3 Å². The summed E-state index contributed by atoms with van der Waals surface area (Å²) in [4.78, 5) is 20.0. The standard InChI is InChI=1S/C20H20FN5O2/c1-10-18-15(20(28)26-11-2-3-12(26)9-22-8-11)7-17(23-19(18)25-24-10)14-5-4-13(27)6-16(14)21/h4-7,11-12,22,27H,2-3,8-9H2,1H3,(H,23,24,25)/t11-,12?/m0/s1. The predicted octanol–water partition coefficient (Wildman–Crippen LogP) is 2.35. The molecule has 5 rings (SSSR count). The second-order valence-electron chi connectivity index (χ2n) is 7.52. The highest BCUT2D eigenvalue weighted by molar-refractivity contribution is 6.07. The minimum absolute atomic E-state index is 0.0636. The van der Waals surface area contributed by atoms with E-state index in [0.29, 0.717) is 22.3 Å². The highest BCUT2D eigenvalue weighted by Crippen LogP contribution is 2.33. The fourth-order valence-electron chi connectivity index (χ4n) is 4.44. The van der Waals surface area contributed by atoms with Gasteiger partial charge in [0.25, 0.3) is 5.91 Å². The molecule has 28 heavy (non-hydrogen) atoms. The summed E-state index contributed by atoms with van der Waals surface area (Å²) in [5, 5.41) is 20.6. The minimum atomic E-state index is -0.597. The van der Waals surface area contributed by atoms with Crippen molar-refractivity contribution in [1.82, 2.24) is 25.4 Å². The number of phenols is 1. The quantitative estimate of drug-likeness (QED) is 0.634. The number of carbonyl (C=O) groups is 1. The Bertz CT molecular complexity index is 1080. The van der Waals surface area contributed by atoms with Gasteiger partial charge >= 0.3 is 0 Å². The number of hydrogen-bond donors (Lipinski definition) is 3.